The fourth-order valence-corrected chi connectivity index (χ4v) is 2.57. The van der Waals surface area contributed by atoms with Crippen molar-refractivity contribution >= 4 is 11.6 Å². The molecule has 0 aliphatic carbocycles. The molecule has 1 aromatic carbocycles. The summed E-state index contributed by atoms with van der Waals surface area (Å²) in [5.74, 6) is 0.465. The molecule has 1 atom stereocenters. The first-order valence-corrected chi connectivity index (χ1v) is 6.29. The van der Waals surface area contributed by atoms with Crippen LogP contribution in [0.3, 0.4) is 0 Å². The molecule has 1 aliphatic rings. The summed E-state index contributed by atoms with van der Waals surface area (Å²) in [6.45, 7) is 4.23. The van der Waals surface area contributed by atoms with Crippen LogP contribution in [0.2, 0.25) is 5.02 Å². The van der Waals surface area contributed by atoms with Crippen LogP contribution in [0.15, 0.2) is 12.1 Å². The Balaban J connectivity index is 2.18. The van der Waals surface area contributed by atoms with E-state index in [2.05, 4.69) is 11.8 Å². The van der Waals surface area contributed by atoms with E-state index in [-0.39, 0.29) is 5.75 Å². The molecule has 3 nitrogen and oxygen atoms in total. The maximum atomic E-state index is 9.66. The molecule has 1 fully saturated rings. The van der Waals surface area contributed by atoms with Crippen LogP contribution < -0.4 is 4.74 Å². The quantitative estimate of drug-likeness (QED) is 0.901. The van der Waals surface area contributed by atoms with Crippen LogP contribution in [0.1, 0.15) is 25.3 Å². The van der Waals surface area contributed by atoms with Gasteiger partial charge in [0.25, 0.3) is 0 Å². The zero-order chi connectivity index (χ0) is 12.4. The van der Waals surface area contributed by atoms with Crippen molar-refractivity contribution in [3.63, 3.8) is 0 Å². The lowest BCUT2D eigenvalue weighted by atomic mass is 10.1. The predicted molar refractivity (Wildman–Crippen MR) is 68.8 cm³/mol. The second-order valence-electron chi connectivity index (χ2n) is 4.59. The molecule has 0 spiro atoms. The minimum atomic E-state index is 0.0207. The third kappa shape index (κ3) is 2.67. The van der Waals surface area contributed by atoms with Crippen LogP contribution in [0.25, 0.3) is 0 Å². The van der Waals surface area contributed by atoms with Crippen molar-refractivity contribution in [3.8, 4) is 11.5 Å². The van der Waals surface area contributed by atoms with E-state index in [1.165, 1.54) is 20.0 Å². The van der Waals surface area contributed by atoms with Gasteiger partial charge in [-0.25, -0.2) is 0 Å². The number of ether oxygens (including phenoxy) is 1. The van der Waals surface area contributed by atoms with E-state index in [0.29, 0.717) is 16.8 Å². The number of aromatic hydroxyl groups is 1. The van der Waals surface area contributed by atoms with Crippen LogP contribution in [-0.4, -0.2) is 29.7 Å². The lowest BCUT2D eigenvalue weighted by Gasteiger charge is -2.21. The SMILES string of the molecule is COc1cc(CN2CCCC2C)cc(Cl)c1O. The lowest BCUT2D eigenvalue weighted by molar-refractivity contribution is 0.259. The molecule has 17 heavy (non-hydrogen) atoms. The van der Waals surface area contributed by atoms with E-state index in [1.807, 2.05) is 12.1 Å². The van der Waals surface area contributed by atoms with Crippen LogP contribution in [0.4, 0.5) is 0 Å². The van der Waals surface area contributed by atoms with Crippen molar-refractivity contribution < 1.29 is 9.84 Å². The average Bonchev–Trinajstić information content (AvgIpc) is 2.69. The Kier molecular flexibility index (Phi) is 3.79. The number of hydrogen-bond acceptors (Lipinski definition) is 3. The van der Waals surface area contributed by atoms with Crippen molar-refractivity contribution in [1.82, 2.24) is 4.90 Å². The van der Waals surface area contributed by atoms with Gasteiger partial charge in [-0.05, 0) is 44.0 Å². The van der Waals surface area contributed by atoms with E-state index in [9.17, 15) is 5.11 Å². The number of benzene rings is 1. The molecule has 1 aromatic rings. The highest BCUT2D eigenvalue weighted by molar-refractivity contribution is 6.32. The van der Waals surface area contributed by atoms with Gasteiger partial charge in [-0.15, -0.1) is 0 Å². The maximum absolute atomic E-state index is 9.66. The number of methoxy groups -OCH3 is 1. The van der Waals surface area contributed by atoms with Gasteiger partial charge < -0.3 is 9.84 Å². The zero-order valence-electron chi connectivity index (χ0n) is 10.2. The molecule has 0 saturated carbocycles. The minimum absolute atomic E-state index is 0.0207. The van der Waals surface area contributed by atoms with E-state index in [4.69, 9.17) is 16.3 Å². The monoisotopic (exact) mass is 255 g/mol. The van der Waals surface area contributed by atoms with E-state index < -0.39 is 0 Å². The van der Waals surface area contributed by atoms with E-state index in [1.54, 1.807) is 0 Å². The Morgan fingerprint density at radius 3 is 2.88 bits per heavy atom. The standard InChI is InChI=1S/C13H18ClNO2/c1-9-4-3-5-15(9)8-10-6-11(14)13(16)12(7-10)17-2/h6-7,9,16H,3-5,8H2,1-2H3. The van der Waals surface area contributed by atoms with Crippen molar-refractivity contribution in [2.45, 2.75) is 32.4 Å². The zero-order valence-corrected chi connectivity index (χ0v) is 11.0. The van der Waals surface area contributed by atoms with Gasteiger partial charge in [0.2, 0.25) is 0 Å². The van der Waals surface area contributed by atoms with Gasteiger partial charge in [0.15, 0.2) is 11.5 Å². The first-order valence-electron chi connectivity index (χ1n) is 5.91. The van der Waals surface area contributed by atoms with Crippen molar-refractivity contribution in [2.75, 3.05) is 13.7 Å². The fourth-order valence-electron chi connectivity index (χ4n) is 2.34. The topological polar surface area (TPSA) is 32.7 Å². The van der Waals surface area contributed by atoms with Crippen molar-refractivity contribution in [3.05, 3.63) is 22.7 Å². The van der Waals surface area contributed by atoms with Crippen LogP contribution in [0, 0.1) is 0 Å². The minimum Gasteiger partial charge on any atom is -0.503 e. The molecule has 0 amide bonds. The molecule has 2 rings (SSSR count). The molecule has 4 heteroatoms. The summed E-state index contributed by atoms with van der Waals surface area (Å²) in [6.07, 6.45) is 2.51. The maximum Gasteiger partial charge on any atom is 0.176 e. The molecule has 0 radical (unpaired) electrons. The van der Waals surface area contributed by atoms with E-state index in [0.717, 1.165) is 18.7 Å². The fraction of sp³-hybridized carbons (Fsp3) is 0.538. The molecular formula is C13H18ClNO2. The largest absolute Gasteiger partial charge is 0.503 e. The van der Waals surface area contributed by atoms with Crippen LogP contribution >= 0.6 is 11.6 Å². The smallest absolute Gasteiger partial charge is 0.176 e. The number of nitrogens with zero attached hydrogens (tertiary/aromatic N) is 1. The Labute approximate surface area is 107 Å². The van der Waals surface area contributed by atoms with Crippen molar-refractivity contribution in [1.29, 1.82) is 0 Å². The number of hydrogen-bond donors (Lipinski definition) is 1. The molecule has 1 saturated heterocycles. The second-order valence-corrected chi connectivity index (χ2v) is 5.00. The third-order valence-electron chi connectivity index (χ3n) is 3.38. The number of halogens is 1. The summed E-state index contributed by atoms with van der Waals surface area (Å²) < 4.78 is 5.10. The highest BCUT2D eigenvalue weighted by Gasteiger charge is 2.21. The molecular weight excluding hydrogens is 238 g/mol. The summed E-state index contributed by atoms with van der Waals surface area (Å²) in [7, 11) is 1.54. The molecule has 1 N–H and O–H groups in total. The van der Waals surface area contributed by atoms with Gasteiger partial charge in [0.05, 0.1) is 12.1 Å². The average molecular weight is 256 g/mol. The number of rotatable bonds is 3. The highest BCUT2D eigenvalue weighted by Crippen LogP contribution is 2.35. The number of phenolic OH excluding ortho intramolecular Hbond substituents is 1. The summed E-state index contributed by atoms with van der Waals surface area (Å²) >= 11 is 5.97. The van der Waals surface area contributed by atoms with Crippen LogP contribution in [-0.2, 0) is 6.54 Å². The van der Waals surface area contributed by atoms with Gasteiger partial charge >= 0.3 is 0 Å². The molecule has 94 valence electrons. The molecule has 0 bridgehead atoms. The summed E-state index contributed by atoms with van der Waals surface area (Å²) in [4.78, 5) is 2.42. The summed E-state index contributed by atoms with van der Waals surface area (Å²) in [5, 5.41) is 10.0. The first-order chi connectivity index (χ1) is 8.11. The predicted octanol–water partition coefficient (Wildman–Crippen LogP) is 3.04. The van der Waals surface area contributed by atoms with Gasteiger partial charge in [0.1, 0.15) is 0 Å². The molecule has 0 aromatic heterocycles. The summed E-state index contributed by atoms with van der Waals surface area (Å²) in [5.41, 5.74) is 1.08. The first kappa shape index (κ1) is 12.5. The normalized spacial score (nSPS) is 20.8. The Morgan fingerprint density at radius 2 is 2.29 bits per heavy atom. The molecule has 1 unspecified atom stereocenters. The number of likely N-dealkylation sites (tertiary alicyclic amines) is 1. The van der Waals surface area contributed by atoms with Crippen LogP contribution in [0.5, 0.6) is 11.5 Å². The molecule has 1 heterocycles. The van der Waals surface area contributed by atoms with Crippen molar-refractivity contribution in [2.24, 2.45) is 0 Å². The lowest BCUT2D eigenvalue weighted by Crippen LogP contribution is -2.26. The van der Waals surface area contributed by atoms with Gasteiger partial charge in [0, 0.05) is 12.6 Å². The Morgan fingerprint density at radius 1 is 1.53 bits per heavy atom. The Hall–Kier alpha value is -0.930. The number of phenols is 1. The summed E-state index contributed by atoms with van der Waals surface area (Å²) in [6, 6.07) is 4.28. The highest BCUT2D eigenvalue weighted by atomic mass is 35.5. The third-order valence-corrected chi connectivity index (χ3v) is 3.67. The van der Waals surface area contributed by atoms with Gasteiger partial charge in [-0.1, -0.05) is 11.6 Å². The Bertz CT molecular complexity index is 409. The van der Waals surface area contributed by atoms with Gasteiger partial charge in [-0.2, -0.15) is 0 Å². The molecule has 1 aliphatic heterocycles. The second kappa shape index (κ2) is 5.15. The van der Waals surface area contributed by atoms with E-state index >= 15 is 0 Å². The van der Waals surface area contributed by atoms with Gasteiger partial charge in [-0.3, -0.25) is 4.90 Å².